The summed E-state index contributed by atoms with van der Waals surface area (Å²) in [7, 11) is 0. The highest BCUT2D eigenvalue weighted by atomic mass is 16.6. The van der Waals surface area contributed by atoms with E-state index < -0.39 is 4.92 Å². The Morgan fingerprint density at radius 3 is 2.70 bits per heavy atom. The van der Waals surface area contributed by atoms with Crippen molar-refractivity contribution in [1.82, 2.24) is 10.2 Å². The van der Waals surface area contributed by atoms with Gasteiger partial charge < -0.3 is 14.5 Å². The van der Waals surface area contributed by atoms with Crippen LogP contribution in [0, 0.1) is 10.1 Å². The maximum Gasteiger partial charge on any atom is 0.310 e. The number of carbonyl (C=O) groups is 1. The van der Waals surface area contributed by atoms with Crippen LogP contribution in [0.5, 0.6) is 5.75 Å². The number of nitro benzene ring substituents is 1. The Bertz CT molecular complexity index is 756. The molecule has 1 unspecified atom stereocenters. The Balaban J connectivity index is 1.56. The molecular weight excluding hydrogens is 350 g/mol. The second-order valence-electron chi connectivity index (χ2n) is 6.45. The highest BCUT2D eigenvalue weighted by Crippen LogP contribution is 2.26. The normalized spacial score (nSPS) is 15.9. The summed E-state index contributed by atoms with van der Waals surface area (Å²) in [5.74, 6) is 0.565. The fourth-order valence-electron chi connectivity index (χ4n) is 3.26. The highest BCUT2D eigenvalue weighted by Gasteiger charge is 2.25. The number of nitrogens with zero attached hydrogens (tertiary/aromatic N) is 2. The van der Waals surface area contributed by atoms with Gasteiger partial charge in [0.2, 0.25) is 0 Å². The Morgan fingerprint density at radius 2 is 2.00 bits per heavy atom. The van der Waals surface area contributed by atoms with Crippen LogP contribution in [-0.2, 0) is 4.79 Å². The standard InChI is InChI=1S/C19H23N3O5/c23-19(14-27-17-8-3-2-7-15(17)22(24)25)20-13-16(18-9-6-12-26-18)21-10-4-1-5-11-21/h2-3,6-9,12,16H,1,4-5,10-11,13-14H2,(H,20,23). The second-order valence-corrected chi connectivity index (χ2v) is 6.45. The van der Waals surface area contributed by atoms with Crippen LogP contribution in [0.15, 0.2) is 47.1 Å². The van der Waals surface area contributed by atoms with E-state index in [2.05, 4.69) is 10.2 Å². The maximum atomic E-state index is 12.2. The van der Waals surface area contributed by atoms with Gasteiger partial charge in [0.25, 0.3) is 5.91 Å². The van der Waals surface area contributed by atoms with Crippen molar-refractivity contribution in [3.05, 3.63) is 58.5 Å². The minimum atomic E-state index is -0.531. The fourth-order valence-corrected chi connectivity index (χ4v) is 3.26. The number of hydrogen-bond acceptors (Lipinski definition) is 6. The summed E-state index contributed by atoms with van der Waals surface area (Å²) in [6.45, 7) is 2.05. The lowest BCUT2D eigenvalue weighted by Gasteiger charge is -2.33. The van der Waals surface area contributed by atoms with E-state index in [-0.39, 0.29) is 30.0 Å². The maximum absolute atomic E-state index is 12.2. The molecular formula is C19H23N3O5. The SMILES string of the molecule is O=C(COc1ccccc1[N+](=O)[O-])NCC(c1ccco1)N1CCCCC1. The molecule has 2 heterocycles. The molecule has 0 spiro atoms. The van der Waals surface area contributed by atoms with Crippen LogP contribution in [-0.4, -0.2) is 42.0 Å². The minimum Gasteiger partial charge on any atom is -0.477 e. The summed E-state index contributed by atoms with van der Waals surface area (Å²) in [5.41, 5.74) is -0.160. The topological polar surface area (TPSA) is 97.8 Å². The number of carbonyl (C=O) groups excluding carboxylic acids is 1. The highest BCUT2D eigenvalue weighted by molar-refractivity contribution is 5.77. The molecule has 1 saturated heterocycles. The second kappa shape index (κ2) is 9.18. The molecule has 0 bridgehead atoms. The van der Waals surface area contributed by atoms with Crippen molar-refractivity contribution in [2.45, 2.75) is 25.3 Å². The van der Waals surface area contributed by atoms with Gasteiger partial charge in [-0.05, 0) is 44.1 Å². The van der Waals surface area contributed by atoms with Gasteiger partial charge in [-0.1, -0.05) is 18.6 Å². The van der Waals surface area contributed by atoms with E-state index >= 15 is 0 Å². The molecule has 8 nitrogen and oxygen atoms in total. The molecule has 3 rings (SSSR count). The van der Waals surface area contributed by atoms with Crippen molar-refractivity contribution >= 4 is 11.6 Å². The van der Waals surface area contributed by atoms with E-state index in [0.29, 0.717) is 6.54 Å². The van der Waals surface area contributed by atoms with Gasteiger partial charge in [0.05, 0.1) is 17.2 Å². The molecule has 1 fully saturated rings. The van der Waals surface area contributed by atoms with Gasteiger partial charge in [-0.15, -0.1) is 0 Å². The molecule has 1 aliphatic rings. The lowest BCUT2D eigenvalue weighted by molar-refractivity contribution is -0.385. The fraction of sp³-hybridized carbons (Fsp3) is 0.421. The number of nitro groups is 1. The average molecular weight is 373 g/mol. The number of piperidine rings is 1. The van der Waals surface area contributed by atoms with E-state index in [0.717, 1.165) is 31.7 Å². The summed E-state index contributed by atoms with van der Waals surface area (Å²) in [6.07, 6.45) is 5.11. The number of rotatable bonds is 8. The summed E-state index contributed by atoms with van der Waals surface area (Å²) in [5, 5.41) is 13.8. The molecule has 1 aliphatic heterocycles. The van der Waals surface area contributed by atoms with Gasteiger partial charge in [0, 0.05) is 12.6 Å². The molecule has 0 radical (unpaired) electrons. The van der Waals surface area contributed by atoms with E-state index in [1.165, 1.54) is 18.6 Å². The molecule has 1 aromatic carbocycles. The molecule has 0 aliphatic carbocycles. The van der Waals surface area contributed by atoms with Gasteiger partial charge in [-0.3, -0.25) is 19.8 Å². The molecule has 1 aromatic heterocycles. The third kappa shape index (κ3) is 5.07. The lowest BCUT2D eigenvalue weighted by Crippen LogP contribution is -2.41. The third-order valence-electron chi connectivity index (χ3n) is 4.62. The van der Waals surface area contributed by atoms with Crippen LogP contribution >= 0.6 is 0 Å². The Labute approximate surface area is 157 Å². The van der Waals surface area contributed by atoms with Crippen molar-refractivity contribution in [3.8, 4) is 5.75 Å². The van der Waals surface area contributed by atoms with Crippen molar-refractivity contribution in [1.29, 1.82) is 0 Å². The van der Waals surface area contributed by atoms with Crippen LogP contribution in [0.4, 0.5) is 5.69 Å². The first-order chi connectivity index (χ1) is 13.1. The van der Waals surface area contributed by atoms with E-state index in [4.69, 9.17) is 9.15 Å². The molecule has 1 atom stereocenters. The van der Waals surface area contributed by atoms with Crippen molar-refractivity contribution in [2.24, 2.45) is 0 Å². The quantitative estimate of drug-likeness (QED) is 0.564. The number of nitrogens with one attached hydrogen (secondary N) is 1. The molecule has 1 N–H and O–H groups in total. The van der Waals surface area contributed by atoms with Crippen molar-refractivity contribution in [2.75, 3.05) is 26.2 Å². The van der Waals surface area contributed by atoms with Crippen LogP contribution < -0.4 is 10.1 Å². The first kappa shape index (κ1) is 18.9. The number of amides is 1. The van der Waals surface area contributed by atoms with E-state index in [1.807, 2.05) is 12.1 Å². The zero-order chi connectivity index (χ0) is 19.1. The Kier molecular flexibility index (Phi) is 6.43. The van der Waals surface area contributed by atoms with Crippen LogP contribution in [0.2, 0.25) is 0 Å². The number of likely N-dealkylation sites (tertiary alicyclic amines) is 1. The van der Waals surface area contributed by atoms with Crippen molar-refractivity contribution < 1.29 is 18.9 Å². The molecule has 0 saturated carbocycles. The zero-order valence-electron chi connectivity index (χ0n) is 15.0. The van der Waals surface area contributed by atoms with Gasteiger partial charge in [0.15, 0.2) is 12.4 Å². The predicted octanol–water partition coefficient (Wildman–Crippen LogP) is 2.91. The summed E-state index contributed by atoms with van der Waals surface area (Å²) in [4.78, 5) is 25.0. The first-order valence-electron chi connectivity index (χ1n) is 9.05. The summed E-state index contributed by atoms with van der Waals surface area (Å²) < 4.78 is 10.9. The smallest absolute Gasteiger partial charge is 0.310 e. The van der Waals surface area contributed by atoms with E-state index in [9.17, 15) is 14.9 Å². The third-order valence-corrected chi connectivity index (χ3v) is 4.62. The van der Waals surface area contributed by atoms with Crippen LogP contribution in [0.1, 0.15) is 31.1 Å². The van der Waals surface area contributed by atoms with Gasteiger partial charge in [0.1, 0.15) is 5.76 Å². The number of ether oxygens (including phenoxy) is 1. The monoisotopic (exact) mass is 373 g/mol. The van der Waals surface area contributed by atoms with Crippen LogP contribution in [0.3, 0.4) is 0 Å². The molecule has 144 valence electrons. The van der Waals surface area contributed by atoms with Gasteiger partial charge >= 0.3 is 5.69 Å². The van der Waals surface area contributed by atoms with E-state index in [1.54, 1.807) is 18.4 Å². The Morgan fingerprint density at radius 1 is 1.22 bits per heavy atom. The number of hydrogen-bond donors (Lipinski definition) is 1. The summed E-state index contributed by atoms with van der Waals surface area (Å²) >= 11 is 0. The van der Waals surface area contributed by atoms with Crippen molar-refractivity contribution in [3.63, 3.8) is 0 Å². The van der Waals surface area contributed by atoms with Crippen LogP contribution in [0.25, 0.3) is 0 Å². The average Bonchev–Trinajstić information content (AvgIpc) is 3.22. The van der Waals surface area contributed by atoms with Gasteiger partial charge in [-0.2, -0.15) is 0 Å². The molecule has 2 aromatic rings. The Hall–Kier alpha value is -2.87. The summed E-state index contributed by atoms with van der Waals surface area (Å²) in [6, 6.07) is 9.72. The number of para-hydroxylation sites is 2. The first-order valence-corrected chi connectivity index (χ1v) is 9.05. The molecule has 1 amide bonds. The zero-order valence-corrected chi connectivity index (χ0v) is 15.0. The van der Waals surface area contributed by atoms with Gasteiger partial charge in [-0.25, -0.2) is 0 Å². The minimum absolute atomic E-state index is 0.0321. The number of furan rings is 1. The lowest BCUT2D eigenvalue weighted by atomic mass is 10.1. The molecule has 27 heavy (non-hydrogen) atoms. The molecule has 8 heteroatoms. The predicted molar refractivity (Wildman–Crippen MR) is 98.5 cm³/mol. The largest absolute Gasteiger partial charge is 0.477 e. The number of benzene rings is 1.